The van der Waals surface area contributed by atoms with E-state index in [1.807, 2.05) is 36.5 Å². The summed E-state index contributed by atoms with van der Waals surface area (Å²) in [5.74, 6) is 2.12. The molecule has 0 fully saturated rings. The summed E-state index contributed by atoms with van der Waals surface area (Å²) in [6.45, 7) is 2.24. The number of hydrogen-bond donors (Lipinski definition) is 0. The Morgan fingerprint density at radius 2 is 1.52 bits per heavy atom. The molecule has 0 N–H and O–H groups in total. The van der Waals surface area contributed by atoms with Gasteiger partial charge in [-0.1, -0.05) is 83.2 Å². The Morgan fingerprint density at radius 3 is 2.39 bits per heavy atom. The number of hydrogen-bond acceptors (Lipinski definition) is 4. The van der Waals surface area contributed by atoms with E-state index in [2.05, 4.69) is 130 Å². The van der Waals surface area contributed by atoms with E-state index in [9.17, 15) is 0 Å². The minimum atomic E-state index is 0. The van der Waals surface area contributed by atoms with E-state index in [1.54, 1.807) is 0 Å². The summed E-state index contributed by atoms with van der Waals surface area (Å²) in [7, 11) is 2.09. The molecular weight excluding hydrogens is 722 g/mol. The van der Waals surface area contributed by atoms with E-state index in [-0.39, 0.29) is 27.8 Å². The summed E-state index contributed by atoms with van der Waals surface area (Å²) in [6, 6.07) is 47.1. The Bertz CT molecular complexity index is 2180. The topological polar surface area (TPSA) is 33.5 Å². The monoisotopic (exact) mass is 746 g/mol. The summed E-state index contributed by atoms with van der Waals surface area (Å²) < 4.78 is 8.65. The second kappa shape index (κ2) is 10.4. The van der Waals surface area contributed by atoms with Crippen LogP contribution in [0.5, 0.6) is 11.5 Å². The number of nitrogens with zero attached hydrogens (tertiary/aromatic N) is 4. The minimum Gasteiger partial charge on any atom is -0.509 e. The molecule has 214 valence electrons. The molecule has 5 aromatic carbocycles. The number of fused-ring (bicyclic) bond motifs is 5. The van der Waals surface area contributed by atoms with Crippen LogP contribution in [0.2, 0.25) is 0 Å². The molecule has 0 saturated carbocycles. The van der Waals surface area contributed by atoms with Gasteiger partial charge in [-0.05, 0) is 36.7 Å². The third-order valence-electron chi connectivity index (χ3n) is 8.54. The zero-order valence-corrected chi connectivity index (χ0v) is 26.0. The quantitative estimate of drug-likeness (QED) is 0.161. The normalized spacial score (nSPS) is 13.2. The molecule has 9 rings (SSSR count). The van der Waals surface area contributed by atoms with Gasteiger partial charge in [0.25, 0.3) is 0 Å². The maximum absolute atomic E-state index is 6.51. The molecule has 0 unspecified atom stereocenters. The fourth-order valence-electron chi connectivity index (χ4n) is 6.71. The van der Waals surface area contributed by atoms with Crippen LogP contribution in [0.1, 0.15) is 0 Å². The van der Waals surface area contributed by atoms with Crippen molar-refractivity contribution in [1.82, 2.24) is 9.55 Å². The summed E-state index contributed by atoms with van der Waals surface area (Å²) in [6.07, 6.45) is 1.82. The molecule has 7 heteroatoms. The first kappa shape index (κ1) is 26.8. The molecule has 0 spiro atoms. The average molecular weight is 747 g/mol. The molecule has 0 saturated heterocycles. The van der Waals surface area contributed by atoms with Crippen LogP contribution < -0.4 is 30.9 Å². The van der Waals surface area contributed by atoms with Gasteiger partial charge in [0, 0.05) is 55.7 Å². The smallest absolute Gasteiger partial charge is 0.180 e. The molecule has 2 aliphatic rings. The predicted molar refractivity (Wildman–Crippen MR) is 175 cm³/mol. The van der Waals surface area contributed by atoms with Crippen molar-refractivity contribution in [2.75, 3.05) is 16.8 Å². The Morgan fingerprint density at radius 1 is 0.727 bits per heavy atom. The van der Waals surface area contributed by atoms with Gasteiger partial charge in [-0.3, -0.25) is 0 Å². The first-order valence-electron chi connectivity index (χ1n) is 14.4. The number of rotatable bonds is 4. The molecule has 0 amide bonds. The molecular formula is C37H24BN4OPt-3. The second-order valence-electron chi connectivity index (χ2n) is 11.0. The van der Waals surface area contributed by atoms with Crippen LogP contribution in [0.3, 0.4) is 0 Å². The van der Waals surface area contributed by atoms with E-state index in [0.717, 1.165) is 33.3 Å². The van der Waals surface area contributed by atoms with Crippen LogP contribution in [-0.4, -0.2) is 23.3 Å². The maximum atomic E-state index is 6.51. The number of anilines is 3. The van der Waals surface area contributed by atoms with Crippen molar-refractivity contribution in [2.24, 2.45) is 0 Å². The first-order valence-corrected chi connectivity index (χ1v) is 14.4. The summed E-state index contributed by atoms with van der Waals surface area (Å²) in [5, 5.41) is 2.26. The molecule has 7 aromatic rings. The molecule has 2 aromatic heterocycles. The number of pyridine rings is 1. The zero-order valence-electron chi connectivity index (χ0n) is 23.7. The third kappa shape index (κ3) is 4.02. The molecule has 0 atom stereocenters. The van der Waals surface area contributed by atoms with Crippen LogP contribution in [-0.2, 0) is 21.1 Å². The predicted octanol–water partition coefficient (Wildman–Crippen LogP) is 6.11. The van der Waals surface area contributed by atoms with Crippen molar-refractivity contribution in [1.29, 1.82) is 0 Å². The van der Waals surface area contributed by atoms with Gasteiger partial charge >= 0.3 is 0 Å². The molecule has 5 nitrogen and oxygen atoms in total. The third-order valence-corrected chi connectivity index (χ3v) is 8.54. The molecule has 44 heavy (non-hydrogen) atoms. The van der Waals surface area contributed by atoms with E-state index >= 15 is 0 Å². The van der Waals surface area contributed by atoms with Gasteiger partial charge in [0.15, 0.2) is 6.71 Å². The van der Waals surface area contributed by atoms with Gasteiger partial charge < -0.3 is 19.1 Å². The fraction of sp³-hybridized carbons (Fsp3) is 0.0270. The Labute approximate surface area is 270 Å². The van der Waals surface area contributed by atoms with Gasteiger partial charge in [0.05, 0.1) is 0 Å². The second-order valence-corrected chi connectivity index (χ2v) is 11.0. The van der Waals surface area contributed by atoms with Gasteiger partial charge in [-0.2, -0.15) is 18.8 Å². The largest absolute Gasteiger partial charge is 0.509 e. The SMILES string of the molecule is CN1[CH-]N2c3[c-]c(Oc4[c-]c5c(cc4)c4ccccc4n5-c4ccccn4)ccc3B(c3ccccc3)c3cccc1c32.[Pt]. The molecule has 0 aliphatic carbocycles. The summed E-state index contributed by atoms with van der Waals surface area (Å²) in [5.41, 5.74) is 9.14. The van der Waals surface area contributed by atoms with Gasteiger partial charge in [-0.15, -0.1) is 40.8 Å². The van der Waals surface area contributed by atoms with Crippen LogP contribution in [0.4, 0.5) is 17.1 Å². The maximum Gasteiger partial charge on any atom is 0.180 e. The van der Waals surface area contributed by atoms with Gasteiger partial charge in [0.2, 0.25) is 0 Å². The number of benzene rings is 5. The van der Waals surface area contributed by atoms with Crippen molar-refractivity contribution in [3.63, 3.8) is 0 Å². The summed E-state index contributed by atoms with van der Waals surface area (Å²) >= 11 is 0. The average Bonchev–Trinajstić information content (AvgIpc) is 3.57. The van der Waals surface area contributed by atoms with Crippen molar-refractivity contribution in [2.45, 2.75) is 0 Å². The first-order chi connectivity index (χ1) is 21.2. The Balaban J connectivity index is 0.00000289. The molecule has 0 bridgehead atoms. The van der Waals surface area contributed by atoms with Crippen LogP contribution in [0, 0.1) is 18.8 Å². The number of ether oxygens (including phenoxy) is 1. The molecule has 4 heterocycles. The molecule has 0 radical (unpaired) electrons. The number of aromatic nitrogens is 2. The van der Waals surface area contributed by atoms with Gasteiger partial charge in [-0.25, -0.2) is 4.98 Å². The Hall–Kier alpha value is -4.80. The van der Waals surface area contributed by atoms with Crippen molar-refractivity contribution in [3.8, 4) is 17.3 Å². The van der Waals surface area contributed by atoms with Gasteiger partial charge in [0.1, 0.15) is 5.82 Å². The van der Waals surface area contributed by atoms with Crippen LogP contribution in [0.15, 0.2) is 121 Å². The minimum absolute atomic E-state index is 0. The fourth-order valence-corrected chi connectivity index (χ4v) is 6.71. The Kier molecular flexibility index (Phi) is 6.35. The summed E-state index contributed by atoms with van der Waals surface area (Å²) in [4.78, 5) is 9.07. The standard InChI is InChI=1S/C37H24BN4O.Pt/c1-40-24-41-35-23-27(18-20-30(35)38(25-10-3-2-4-11-25)31-13-9-15-33(40)37(31)41)43-26-17-19-29-28-12-5-6-14-32(28)42(34(29)22-26)36-16-7-8-21-39-36;/h2-21,24H,1H3;/q-3;. The number of para-hydroxylation sites is 2. The van der Waals surface area contributed by atoms with Crippen molar-refractivity contribution in [3.05, 3.63) is 140 Å². The van der Waals surface area contributed by atoms with Crippen molar-refractivity contribution >= 4 is 62.0 Å². The van der Waals surface area contributed by atoms with E-state index in [0.29, 0.717) is 11.5 Å². The van der Waals surface area contributed by atoms with Crippen molar-refractivity contribution < 1.29 is 25.8 Å². The van der Waals surface area contributed by atoms with Crippen LogP contribution >= 0.6 is 0 Å². The molecule has 2 aliphatic heterocycles. The van der Waals surface area contributed by atoms with E-state index in [4.69, 9.17) is 4.74 Å². The van der Waals surface area contributed by atoms with E-state index in [1.165, 1.54) is 27.8 Å². The zero-order chi connectivity index (χ0) is 28.5. The van der Waals surface area contributed by atoms with Crippen LogP contribution in [0.25, 0.3) is 27.6 Å². The van der Waals surface area contributed by atoms with E-state index < -0.39 is 0 Å².